The standard InChI is InChI=1S/C27H26N4O2/c1-18-6-5-9-22(27(32)29-21-7-3-2-4-8-21)25(18)19-10-11-23-20(16-19)17-24(26(28)30-23)31-12-14-33-15-13-31/h2-11,16-17H,12-15H2,1H3,(H2,28,30)(H,29,32). The van der Waals surface area contributed by atoms with Crippen LogP contribution in [-0.4, -0.2) is 37.2 Å². The molecule has 3 N–H and O–H groups in total. The van der Waals surface area contributed by atoms with Crippen molar-refractivity contribution in [2.75, 3.05) is 42.3 Å². The second kappa shape index (κ2) is 8.92. The second-order valence-corrected chi connectivity index (χ2v) is 8.22. The molecule has 6 nitrogen and oxygen atoms in total. The number of rotatable bonds is 4. The number of hydrogen-bond acceptors (Lipinski definition) is 5. The summed E-state index contributed by atoms with van der Waals surface area (Å²) in [6.07, 6.45) is 0. The lowest BCUT2D eigenvalue weighted by atomic mass is 9.93. The Hall–Kier alpha value is -3.90. The van der Waals surface area contributed by atoms with Gasteiger partial charge in [-0.3, -0.25) is 4.79 Å². The number of ether oxygens (including phenoxy) is 1. The van der Waals surface area contributed by atoms with Crippen molar-refractivity contribution in [1.29, 1.82) is 0 Å². The molecule has 1 amide bonds. The van der Waals surface area contributed by atoms with E-state index in [1.807, 2.05) is 67.6 Å². The number of morpholine rings is 1. The van der Waals surface area contributed by atoms with E-state index in [4.69, 9.17) is 10.5 Å². The average molecular weight is 439 g/mol. The van der Waals surface area contributed by atoms with Gasteiger partial charge in [-0.05, 0) is 60.0 Å². The quantitative estimate of drug-likeness (QED) is 0.475. The Balaban J connectivity index is 1.56. The highest BCUT2D eigenvalue weighted by Crippen LogP contribution is 2.33. The number of nitrogen functional groups attached to an aromatic ring is 1. The van der Waals surface area contributed by atoms with Crippen molar-refractivity contribution in [1.82, 2.24) is 4.98 Å². The summed E-state index contributed by atoms with van der Waals surface area (Å²) < 4.78 is 5.48. The maximum absolute atomic E-state index is 13.2. The Labute approximate surface area is 193 Å². The normalized spacial score (nSPS) is 13.8. The number of amides is 1. The average Bonchev–Trinajstić information content (AvgIpc) is 2.84. The van der Waals surface area contributed by atoms with Gasteiger partial charge < -0.3 is 20.7 Å². The summed E-state index contributed by atoms with van der Waals surface area (Å²) in [5.41, 5.74) is 12.4. The van der Waals surface area contributed by atoms with Crippen LogP contribution in [0, 0.1) is 6.92 Å². The molecule has 1 saturated heterocycles. The van der Waals surface area contributed by atoms with Crippen LogP contribution in [0.25, 0.3) is 22.0 Å². The van der Waals surface area contributed by atoms with Gasteiger partial charge in [0.05, 0.1) is 24.4 Å². The van der Waals surface area contributed by atoms with Crippen LogP contribution in [-0.2, 0) is 4.74 Å². The minimum atomic E-state index is -0.135. The van der Waals surface area contributed by atoms with Gasteiger partial charge >= 0.3 is 0 Å². The predicted octanol–water partition coefficient (Wildman–Crippen LogP) is 4.88. The van der Waals surface area contributed by atoms with E-state index in [1.165, 1.54) is 0 Å². The number of nitrogens with two attached hydrogens (primary N) is 1. The van der Waals surface area contributed by atoms with E-state index in [0.717, 1.165) is 52.1 Å². The molecule has 3 aromatic carbocycles. The zero-order valence-electron chi connectivity index (χ0n) is 18.5. The number of nitrogens with one attached hydrogen (secondary N) is 1. The number of aryl methyl sites for hydroxylation is 1. The number of carbonyl (C=O) groups is 1. The molecule has 1 aromatic heterocycles. The molecule has 33 heavy (non-hydrogen) atoms. The molecule has 0 bridgehead atoms. The minimum Gasteiger partial charge on any atom is -0.382 e. The summed E-state index contributed by atoms with van der Waals surface area (Å²) in [5.74, 6) is 0.389. The molecule has 0 spiro atoms. The molecule has 0 atom stereocenters. The van der Waals surface area contributed by atoms with Gasteiger partial charge in [0.15, 0.2) is 0 Å². The first-order chi connectivity index (χ1) is 16.1. The first-order valence-corrected chi connectivity index (χ1v) is 11.1. The van der Waals surface area contributed by atoms with Crippen molar-refractivity contribution in [3.63, 3.8) is 0 Å². The molecule has 1 fully saturated rings. The van der Waals surface area contributed by atoms with Crippen LogP contribution in [0.1, 0.15) is 15.9 Å². The molecule has 0 radical (unpaired) electrons. The van der Waals surface area contributed by atoms with Crippen molar-refractivity contribution >= 4 is 34.0 Å². The highest BCUT2D eigenvalue weighted by atomic mass is 16.5. The zero-order valence-corrected chi connectivity index (χ0v) is 18.5. The number of aromatic nitrogens is 1. The third-order valence-corrected chi connectivity index (χ3v) is 6.01. The number of nitrogens with zero attached hydrogens (tertiary/aromatic N) is 2. The van der Waals surface area contributed by atoms with Crippen LogP contribution < -0.4 is 16.0 Å². The van der Waals surface area contributed by atoms with Gasteiger partial charge in [0.2, 0.25) is 0 Å². The number of hydrogen-bond donors (Lipinski definition) is 2. The van der Waals surface area contributed by atoms with E-state index >= 15 is 0 Å². The van der Waals surface area contributed by atoms with Gasteiger partial charge in [-0.1, -0.05) is 36.4 Å². The number of fused-ring (bicyclic) bond motifs is 1. The van der Waals surface area contributed by atoms with E-state index in [9.17, 15) is 4.79 Å². The molecule has 4 aromatic rings. The van der Waals surface area contributed by atoms with Crippen molar-refractivity contribution in [2.24, 2.45) is 0 Å². The molecule has 6 heteroatoms. The summed E-state index contributed by atoms with van der Waals surface area (Å²) in [7, 11) is 0. The summed E-state index contributed by atoms with van der Waals surface area (Å²) in [5, 5.41) is 3.99. The largest absolute Gasteiger partial charge is 0.382 e. The van der Waals surface area contributed by atoms with Gasteiger partial charge in [0.1, 0.15) is 5.82 Å². The summed E-state index contributed by atoms with van der Waals surface area (Å²) in [6.45, 7) is 4.97. The third-order valence-electron chi connectivity index (χ3n) is 6.01. The lowest BCUT2D eigenvalue weighted by molar-refractivity contribution is 0.102. The summed E-state index contributed by atoms with van der Waals surface area (Å²) in [6, 6.07) is 23.5. The van der Waals surface area contributed by atoms with Crippen LogP contribution in [0.2, 0.25) is 0 Å². The lowest BCUT2D eigenvalue weighted by Gasteiger charge is -2.29. The zero-order chi connectivity index (χ0) is 22.8. The number of benzene rings is 3. The number of para-hydroxylation sites is 1. The second-order valence-electron chi connectivity index (χ2n) is 8.22. The maximum Gasteiger partial charge on any atom is 0.256 e. The smallest absolute Gasteiger partial charge is 0.256 e. The highest BCUT2D eigenvalue weighted by Gasteiger charge is 2.18. The minimum absolute atomic E-state index is 0.135. The van der Waals surface area contributed by atoms with Crippen LogP contribution in [0.4, 0.5) is 17.2 Å². The van der Waals surface area contributed by atoms with Crippen LogP contribution in [0.3, 0.4) is 0 Å². The molecule has 0 saturated carbocycles. The highest BCUT2D eigenvalue weighted by molar-refractivity contribution is 6.09. The predicted molar refractivity (Wildman–Crippen MR) is 134 cm³/mol. The Morgan fingerprint density at radius 2 is 1.79 bits per heavy atom. The fourth-order valence-corrected chi connectivity index (χ4v) is 4.35. The topological polar surface area (TPSA) is 80.5 Å². The molecule has 2 heterocycles. The lowest BCUT2D eigenvalue weighted by Crippen LogP contribution is -2.36. The van der Waals surface area contributed by atoms with E-state index in [0.29, 0.717) is 24.6 Å². The SMILES string of the molecule is Cc1cccc(C(=O)Nc2ccccc2)c1-c1ccc2nc(N)c(N3CCOCC3)cc2c1. The van der Waals surface area contributed by atoms with Crippen LogP contribution in [0.5, 0.6) is 0 Å². The molecule has 0 aliphatic carbocycles. The Morgan fingerprint density at radius 1 is 1.00 bits per heavy atom. The third kappa shape index (κ3) is 4.25. The molecular formula is C27H26N4O2. The summed E-state index contributed by atoms with van der Waals surface area (Å²) >= 11 is 0. The molecule has 166 valence electrons. The van der Waals surface area contributed by atoms with Crippen molar-refractivity contribution in [3.05, 3.63) is 83.9 Å². The van der Waals surface area contributed by atoms with Gasteiger partial charge in [-0.2, -0.15) is 0 Å². The molecule has 0 unspecified atom stereocenters. The fraction of sp³-hybridized carbons (Fsp3) is 0.185. The van der Waals surface area contributed by atoms with E-state index in [2.05, 4.69) is 27.3 Å². The van der Waals surface area contributed by atoms with Crippen LogP contribution in [0.15, 0.2) is 72.8 Å². The van der Waals surface area contributed by atoms with E-state index in [-0.39, 0.29) is 5.91 Å². The molecular weight excluding hydrogens is 412 g/mol. The van der Waals surface area contributed by atoms with Gasteiger partial charge in [0.25, 0.3) is 5.91 Å². The Morgan fingerprint density at radius 3 is 2.58 bits per heavy atom. The van der Waals surface area contributed by atoms with Crippen LogP contribution >= 0.6 is 0 Å². The Kier molecular flexibility index (Phi) is 5.67. The first kappa shape index (κ1) is 21.0. The summed E-state index contributed by atoms with van der Waals surface area (Å²) in [4.78, 5) is 20.0. The van der Waals surface area contributed by atoms with Gasteiger partial charge in [0, 0.05) is 29.7 Å². The van der Waals surface area contributed by atoms with E-state index in [1.54, 1.807) is 0 Å². The molecule has 1 aliphatic rings. The van der Waals surface area contributed by atoms with E-state index < -0.39 is 0 Å². The van der Waals surface area contributed by atoms with Gasteiger partial charge in [-0.25, -0.2) is 4.98 Å². The number of anilines is 3. The number of pyridine rings is 1. The van der Waals surface area contributed by atoms with Gasteiger partial charge in [-0.15, -0.1) is 0 Å². The monoisotopic (exact) mass is 438 g/mol. The Bertz CT molecular complexity index is 1310. The van der Waals surface area contributed by atoms with Crippen molar-refractivity contribution < 1.29 is 9.53 Å². The molecule has 5 rings (SSSR count). The number of carbonyl (C=O) groups excluding carboxylic acids is 1. The fourth-order valence-electron chi connectivity index (χ4n) is 4.35. The van der Waals surface area contributed by atoms with Crippen molar-refractivity contribution in [3.8, 4) is 11.1 Å². The van der Waals surface area contributed by atoms with Crippen molar-refractivity contribution in [2.45, 2.75) is 6.92 Å². The first-order valence-electron chi connectivity index (χ1n) is 11.1. The molecule has 1 aliphatic heterocycles. The maximum atomic E-state index is 13.2.